The quantitative estimate of drug-likeness (QED) is 0.614. The zero-order valence-corrected chi connectivity index (χ0v) is 19.7. The van der Waals surface area contributed by atoms with Crippen LogP contribution in [0.2, 0.25) is 0 Å². The Morgan fingerprint density at radius 2 is 1.64 bits per heavy atom. The topological polar surface area (TPSA) is 111 Å². The molecule has 1 saturated heterocycles. The minimum Gasteiger partial charge on any atom is -0.493 e. The molecule has 0 radical (unpaired) electrons. The zero-order chi connectivity index (χ0) is 24.2. The highest BCUT2D eigenvalue weighted by atomic mass is 32.2. The molecule has 176 valence electrons. The van der Waals surface area contributed by atoms with Gasteiger partial charge in [0.05, 0.1) is 26.2 Å². The van der Waals surface area contributed by atoms with Crippen molar-refractivity contribution < 1.29 is 32.2 Å². The van der Waals surface area contributed by atoms with Gasteiger partial charge in [0.2, 0.25) is 21.7 Å². The first-order valence-corrected chi connectivity index (χ1v) is 11.5. The van der Waals surface area contributed by atoms with Crippen molar-refractivity contribution in [3.8, 4) is 17.2 Å². The number of methoxy groups -OCH3 is 3. The molecule has 0 aromatic heterocycles. The van der Waals surface area contributed by atoms with Crippen LogP contribution in [0.15, 0.2) is 46.9 Å². The number of amides is 1. The first-order chi connectivity index (χ1) is 15.7. The monoisotopic (exact) mass is 474 g/mol. The molecule has 0 unspecified atom stereocenters. The summed E-state index contributed by atoms with van der Waals surface area (Å²) in [5.41, 5.74) is 1.47. The van der Waals surface area contributed by atoms with E-state index in [4.69, 9.17) is 14.2 Å². The molecule has 3 rings (SSSR count). The van der Waals surface area contributed by atoms with E-state index >= 15 is 0 Å². The van der Waals surface area contributed by atoms with E-state index in [-0.39, 0.29) is 36.1 Å². The van der Waals surface area contributed by atoms with E-state index in [1.807, 2.05) is 0 Å². The predicted octanol–water partition coefficient (Wildman–Crippen LogP) is 2.72. The number of sulfonamides is 1. The third-order valence-electron chi connectivity index (χ3n) is 5.13. The molecule has 0 atom stereocenters. The van der Waals surface area contributed by atoms with E-state index in [0.29, 0.717) is 34.1 Å². The van der Waals surface area contributed by atoms with Crippen molar-refractivity contribution in [2.24, 2.45) is 0 Å². The largest absolute Gasteiger partial charge is 0.493 e. The highest BCUT2D eigenvalue weighted by Crippen LogP contribution is 2.39. The molecule has 0 saturated carbocycles. The lowest BCUT2D eigenvalue weighted by Gasteiger charge is -2.27. The van der Waals surface area contributed by atoms with Gasteiger partial charge in [0, 0.05) is 37.7 Å². The van der Waals surface area contributed by atoms with Gasteiger partial charge in [-0.1, -0.05) is 0 Å². The molecule has 1 aliphatic rings. The Morgan fingerprint density at radius 3 is 2.15 bits per heavy atom. The molecule has 1 fully saturated rings. The number of carbonyl (C=O) groups is 2. The summed E-state index contributed by atoms with van der Waals surface area (Å²) in [5, 5.41) is 2.60. The molecule has 0 aliphatic carbocycles. The summed E-state index contributed by atoms with van der Waals surface area (Å²) >= 11 is 0. The lowest BCUT2D eigenvalue weighted by Crippen LogP contribution is -2.40. The number of ketones is 1. The molecule has 1 amide bonds. The molecule has 33 heavy (non-hydrogen) atoms. The molecule has 1 heterocycles. The van der Waals surface area contributed by atoms with Gasteiger partial charge in [-0.25, -0.2) is 8.42 Å². The number of hydrogen-bond acceptors (Lipinski definition) is 7. The zero-order valence-electron chi connectivity index (χ0n) is 18.9. The second kappa shape index (κ2) is 10.1. The second-order valence-corrected chi connectivity index (χ2v) is 9.28. The maximum absolute atomic E-state index is 13.2. The first kappa shape index (κ1) is 24.3. The summed E-state index contributed by atoms with van der Waals surface area (Å²) in [4.78, 5) is 23.8. The number of rotatable bonds is 7. The summed E-state index contributed by atoms with van der Waals surface area (Å²) < 4.78 is 43.6. The molecule has 0 bridgehead atoms. The Bertz CT molecular complexity index is 1160. The molecule has 10 heteroatoms. The van der Waals surface area contributed by atoms with Crippen LogP contribution in [0, 0.1) is 0 Å². The number of Topliss-reactive ketones (excluding diaryl/α,β-unsaturated/α-hetero) is 1. The summed E-state index contributed by atoms with van der Waals surface area (Å²) in [6.07, 6.45) is 1.70. The molecule has 2 aromatic rings. The second-order valence-electron chi connectivity index (χ2n) is 7.35. The summed E-state index contributed by atoms with van der Waals surface area (Å²) in [6, 6.07) is 9.29. The van der Waals surface area contributed by atoms with Crippen LogP contribution in [-0.4, -0.2) is 58.8 Å². The maximum Gasteiger partial charge on any atom is 0.243 e. The number of hydrogen-bond donors (Lipinski definition) is 1. The normalized spacial score (nSPS) is 15.9. The molecular formula is C23H26N2O7S. The highest BCUT2D eigenvalue weighted by Gasteiger charge is 2.31. The summed E-state index contributed by atoms with van der Waals surface area (Å²) in [5.74, 6) is 0.897. The van der Waals surface area contributed by atoms with Crippen LogP contribution in [0.5, 0.6) is 17.2 Å². The van der Waals surface area contributed by atoms with Crippen molar-refractivity contribution in [1.29, 1.82) is 0 Å². The third-order valence-corrected chi connectivity index (χ3v) is 6.99. The van der Waals surface area contributed by atoms with Crippen molar-refractivity contribution >= 4 is 33.5 Å². The number of nitrogens with zero attached hydrogens (tertiary/aromatic N) is 1. The predicted molar refractivity (Wildman–Crippen MR) is 123 cm³/mol. The standard InChI is InChI=1S/C23H26N2O7S/c1-15(26)24-18-5-7-19(8-6-18)33(28,29)25-10-9-20(27)17(14-25)11-16-12-21(30-2)23(32-4)22(13-16)31-3/h5-8,11-13H,9-10,14H2,1-4H3,(H,24,26). The average Bonchev–Trinajstić information content (AvgIpc) is 2.79. The molecule has 1 aliphatic heterocycles. The van der Waals surface area contributed by atoms with Crippen molar-refractivity contribution in [2.75, 3.05) is 39.7 Å². The van der Waals surface area contributed by atoms with E-state index in [1.165, 1.54) is 56.8 Å². The van der Waals surface area contributed by atoms with Gasteiger partial charge in [-0.3, -0.25) is 9.59 Å². The fourth-order valence-corrected chi connectivity index (χ4v) is 4.94. The third kappa shape index (κ3) is 5.35. The number of ether oxygens (including phenoxy) is 3. The van der Waals surface area contributed by atoms with Crippen LogP contribution >= 0.6 is 0 Å². The number of nitrogens with one attached hydrogen (secondary N) is 1. The Kier molecular flexibility index (Phi) is 7.39. The number of benzene rings is 2. The van der Waals surface area contributed by atoms with Gasteiger partial charge in [0.15, 0.2) is 17.3 Å². The van der Waals surface area contributed by atoms with Gasteiger partial charge >= 0.3 is 0 Å². The lowest BCUT2D eigenvalue weighted by atomic mass is 10.0. The summed E-state index contributed by atoms with van der Waals surface area (Å²) in [7, 11) is 0.644. The van der Waals surface area contributed by atoms with Crippen molar-refractivity contribution in [2.45, 2.75) is 18.2 Å². The molecule has 0 spiro atoms. The van der Waals surface area contributed by atoms with Gasteiger partial charge in [-0.2, -0.15) is 4.31 Å². The number of carbonyl (C=O) groups excluding carboxylic acids is 2. The Hall–Kier alpha value is -3.37. The molecule has 9 nitrogen and oxygen atoms in total. The fraction of sp³-hybridized carbons (Fsp3) is 0.304. The SMILES string of the molecule is COc1cc(C=C2CN(S(=O)(=O)c3ccc(NC(C)=O)cc3)CCC2=O)cc(OC)c1OC. The van der Waals surface area contributed by atoms with Crippen LogP contribution in [0.25, 0.3) is 6.08 Å². The fourth-order valence-electron chi connectivity index (χ4n) is 3.52. The minimum atomic E-state index is -3.83. The lowest BCUT2D eigenvalue weighted by molar-refractivity contribution is -0.116. The van der Waals surface area contributed by atoms with Gasteiger partial charge < -0.3 is 19.5 Å². The Balaban J connectivity index is 1.90. The van der Waals surface area contributed by atoms with Crippen LogP contribution in [0.4, 0.5) is 5.69 Å². The van der Waals surface area contributed by atoms with Gasteiger partial charge in [-0.05, 0) is 48.0 Å². The van der Waals surface area contributed by atoms with Crippen molar-refractivity contribution in [3.63, 3.8) is 0 Å². The minimum absolute atomic E-state index is 0.0642. The van der Waals surface area contributed by atoms with E-state index in [2.05, 4.69) is 5.32 Å². The van der Waals surface area contributed by atoms with Crippen molar-refractivity contribution in [3.05, 3.63) is 47.5 Å². The number of anilines is 1. The number of piperidine rings is 1. The van der Waals surface area contributed by atoms with E-state index in [9.17, 15) is 18.0 Å². The van der Waals surface area contributed by atoms with Crippen LogP contribution in [0.3, 0.4) is 0 Å². The van der Waals surface area contributed by atoms with Crippen LogP contribution in [-0.2, 0) is 19.6 Å². The average molecular weight is 475 g/mol. The van der Waals surface area contributed by atoms with Crippen molar-refractivity contribution in [1.82, 2.24) is 4.31 Å². The highest BCUT2D eigenvalue weighted by molar-refractivity contribution is 7.89. The van der Waals surface area contributed by atoms with E-state index < -0.39 is 10.0 Å². The first-order valence-electron chi connectivity index (χ1n) is 10.1. The van der Waals surface area contributed by atoms with Gasteiger partial charge in [0.1, 0.15) is 0 Å². The Labute approximate surface area is 193 Å². The molecular weight excluding hydrogens is 448 g/mol. The van der Waals surface area contributed by atoms with Crippen LogP contribution < -0.4 is 19.5 Å². The molecule has 2 aromatic carbocycles. The van der Waals surface area contributed by atoms with Gasteiger partial charge in [0.25, 0.3) is 0 Å². The summed E-state index contributed by atoms with van der Waals surface area (Å²) in [6.45, 7) is 1.39. The van der Waals surface area contributed by atoms with Gasteiger partial charge in [-0.15, -0.1) is 0 Å². The maximum atomic E-state index is 13.2. The van der Waals surface area contributed by atoms with Crippen LogP contribution in [0.1, 0.15) is 18.9 Å². The smallest absolute Gasteiger partial charge is 0.243 e. The van der Waals surface area contributed by atoms with E-state index in [0.717, 1.165) is 0 Å². The molecule has 1 N–H and O–H groups in total. The van der Waals surface area contributed by atoms with E-state index in [1.54, 1.807) is 18.2 Å². The Morgan fingerprint density at radius 1 is 1.03 bits per heavy atom.